The van der Waals surface area contributed by atoms with Crippen LogP contribution in [-0.4, -0.2) is 24.2 Å². The second-order valence-electron chi connectivity index (χ2n) is 5.02. The molecule has 0 radical (unpaired) electrons. The van der Waals surface area contributed by atoms with Gasteiger partial charge >= 0.3 is 6.18 Å². The van der Waals surface area contributed by atoms with Crippen molar-refractivity contribution in [2.24, 2.45) is 0 Å². The summed E-state index contributed by atoms with van der Waals surface area (Å²) in [7, 11) is 3.28. The molecule has 100 valence electrons. The molecule has 0 spiro atoms. The van der Waals surface area contributed by atoms with Gasteiger partial charge in [0.25, 0.3) is 0 Å². The minimum atomic E-state index is -4.48. The quantitative estimate of drug-likeness (QED) is 0.841. The predicted octanol–water partition coefficient (Wildman–Crippen LogP) is 2.32. The van der Waals surface area contributed by atoms with Crippen molar-refractivity contribution in [3.8, 4) is 0 Å². The fraction of sp³-hybridized carbons (Fsp3) is 0.583. The lowest BCUT2D eigenvalue weighted by Gasteiger charge is -2.23. The SMILES string of the molecule is CN(C)c1cc(C(F)(F)F)c2c(n1)CCC2(C)O. The van der Waals surface area contributed by atoms with Gasteiger partial charge in [-0.3, -0.25) is 0 Å². The van der Waals surface area contributed by atoms with Gasteiger partial charge in [-0.05, 0) is 25.8 Å². The van der Waals surface area contributed by atoms with Crippen LogP contribution < -0.4 is 4.90 Å². The van der Waals surface area contributed by atoms with Crippen LogP contribution in [0.4, 0.5) is 19.0 Å². The maximum absolute atomic E-state index is 13.1. The summed E-state index contributed by atoms with van der Waals surface area (Å²) in [6.07, 6.45) is -3.84. The van der Waals surface area contributed by atoms with Crippen molar-refractivity contribution in [3.05, 3.63) is 22.9 Å². The third-order valence-electron chi connectivity index (χ3n) is 3.23. The van der Waals surface area contributed by atoms with E-state index in [-0.39, 0.29) is 17.8 Å². The highest BCUT2D eigenvalue weighted by atomic mass is 19.4. The summed E-state index contributed by atoms with van der Waals surface area (Å²) in [5, 5.41) is 10.1. The van der Waals surface area contributed by atoms with Crippen LogP contribution in [-0.2, 0) is 18.2 Å². The molecule has 1 aliphatic rings. The predicted molar refractivity (Wildman–Crippen MR) is 61.5 cm³/mol. The molecule has 0 saturated carbocycles. The Morgan fingerprint density at radius 2 is 2.00 bits per heavy atom. The van der Waals surface area contributed by atoms with Crippen LogP contribution >= 0.6 is 0 Å². The van der Waals surface area contributed by atoms with E-state index < -0.39 is 17.3 Å². The molecule has 0 saturated heterocycles. The van der Waals surface area contributed by atoms with Crippen molar-refractivity contribution in [1.82, 2.24) is 4.98 Å². The smallest absolute Gasteiger partial charge is 0.385 e. The number of hydrogen-bond acceptors (Lipinski definition) is 3. The van der Waals surface area contributed by atoms with Crippen LogP contribution in [0.2, 0.25) is 0 Å². The van der Waals surface area contributed by atoms with Crippen molar-refractivity contribution in [2.45, 2.75) is 31.5 Å². The lowest BCUT2D eigenvalue weighted by atomic mass is 9.94. The minimum Gasteiger partial charge on any atom is -0.385 e. The third-order valence-corrected chi connectivity index (χ3v) is 3.23. The minimum absolute atomic E-state index is 0.0689. The Labute approximate surface area is 103 Å². The molecule has 0 fully saturated rings. The van der Waals surface area contributed by atoms with E-state index in [4.69, 9.17) is 0 Å². The highest BCUT2D eigenvalue weighted by Crippen LogP contribution is 2.44. The lowest BCUT2D eigenvalue weighted by Crippen LogP contribution is -2.24. The van der Waals surface area contributed by atoms with Crippen molar-refractivity contribution in [3.63, 3.8) is 0 Å². The second-order valence-corrected chi connectivity index (χ2v) is 5.02. The topological polar surface area (TPSA) is 36.4 Å². The molecule has 2 rings (SSSR count). The Hall–Kier alpha value is -1.30. The number of aliphatic hydroxyl groups is 1. The monoisotopic (exact) mass is 260 g/mol. The Morgan fingerprint density at radius 1 is 1.39 bits per heavy atom. The van der Waals surface area contributed by atoms with Gasteiger partial charge in [0, 0.05) is 25.4 Å². The Balaban J connectivity index is 2.70. The molecule has 6 heteroatoms. The van der Waals surface area contributed by atoms with Crippen LogP contribution in [0.5, 0.6) is 0 Å². The van der Waals surface area contributed by atoms with Crippen molar-refractivity contribution < 1.29 is 18.3 Å². The molecule has 1 aromatic heterocycles. The number of halogens is 3. The standard InChI is InChI=1S/C12H15F3N2O/c1-11(18)5-4-8-10(11)7(12(13,14)15)6-9(16-8)17(2)3/h6,18H,4-5H2,1-3H3. The summed E-state index contributed by atoms with van der Waals surface area (Å²) in [6, 6.07) is 0.999. The van der Waals surface area contributed by atoms with Gasteiger partial charge in [0.05, 0.1) is 11.2 Å². The van der Waals surface area contributed by atoms with Gasteiger partial charge in [-0.15, -0.1) is 0 Å². The van der Waals surface area contributed by atoms with Gasteiger partial charge in [0.15, 0.2) is 0 Å². The van der Waals surface area contributed by atoms with E-state index in [1.807, 2.05) is 0 Å². The van der Waals surface area contributed by atoms with Gasteiger partial charge in [0.1, 0.15) is 5.82 Å². The zero-order valence-corrected chi connectivity index (χ0v) is 10.5. The number of anilines is 1. The van der Waals surface area contributed by atoms with E-state index in [1.165, 1.54) is 11.8 Å². The molecule has 0 aromatic carbocycles. The first kappa shape index (κ1) is 13.1. The lowest BCUT2D eigenvalue weighted by molar-refractivity contribution is -0.140. The molecule has 1 unspecified atom stereocenters. The van der Waals surface area contributed by atoms with Gasteiger partial charge in [0.2, 0.25) is 0 Å². The Bertz CT molecular complexity index is 481. The molecule has 3 nitrogen and oxygen atoms in total. The normalized spacial score (nSPS) is 23.1. The maximum atomic E-state index is 13.1. The maximum Gasteiger partial charge on any atom is 0.416 e. The molecule has 1 aliphatic carbocycles. The van der Waals surface area contributed by atoms with Crippen LogP contribution in [0.15, 0.2) is 6.07 Å². The number of aromatic nitrogens is 1. The first-order valence-corrected chi connectivity index (χ1v) is 5.64. The van der Waals surface area contributed by atoms with Crippen molar-refractivity contribution >= 4 is 5.82 Å². The number of rotatable bonds is 1. The molecule has 18 heavy (non-hydrogen) atoms. The fourth-order valence-corrected chi connectivity index (χ4v) is 2.30. The summed E-state index contributed by atoms with van der Waals surface area (Å²) >= 11 is 0. The third kappa shape index (κ3) is 2.05. The summed E-state index contributed by atoms with van der Waals surface area (Å²) in [6.45, 7) is 1.41. The average Bonchev–Trinajstić information content (AvgIpc) is 2.52. The molecule has 1 atom stereocenters. The molecular formula is C12H15F3N2O. The first-order chi connectivity index (χ1) is 8.13. The van der Waals surface area contributed by atoms with E-state index >= 15 is 0 Å². The summed E-state index contributed by atoms with van der Waals surface area (Å²) in [5.74, 6) is 0.263. The molecule has 0 aliphatic heterocycles. The molecule has 0 bridgehead atoms. The zero-order valence-electron chi connectivity index (χ0n) is 10.5. The number of nitrogens with zero attached hydrogens (tertiary/aromatic N) is 2. The van der Waals surface area contributed by atoms with Crippen LogP contribution in [0, 0.1) is 0 Å². The van der Waals surface area contributed by atoms with Crippen LogP contribution in [0.1, 0.15) is 30.2 Å². The van der Waals surface area contributed by atoms with E-state index in [0.717, 1.165) is 6.07 Å². The largest absolute Gasteiger partial charge is 0.416 e. The zero-order chi connectivity index (χ0) is 13.7. The summed E-state index contributed by atoms with van der Waals surface area (Å²) < 4.78 is 39.2. The Kier molecular flexibility index (Phi) is 2.81. The highest BCUT2D eigenvalue weighted by molar-refractivity contribution is 5.50. The van der Waals surface area contributed by atoms with E-state index in [2.05, 4.69) is 4.98 Å². The number of alkyl halides is 3. The van der Waals surface area contributed by atoms with Crippen LogP contribution in [0.25, 0.3) is 0 Å². The summed E-state index contributed by atoms with van der Waals surface area (Å²) in [5.41, 5.74) is -1.95. The van der Waals surface area contributed by atoms with E-state index in [1.54, 1.807) is 14.1 Å². The van der Waals surface area contributed by atoms with Gasteiger partial charge in [-0.2, -0.15) is 13.2 Å². The molecular weight excluding hydrogens is 245 g/mol. The average molecular weight is 260 g/mol. The number of aryl methyl sites for hydroxylation is 1. The van der Waals surface area contributed by atoms with Gasteiger partial charge in [-0.1, -0.05) is 0 Å². The molecule has 0 amide bonds. The molecule has 1 heterocycles. The van der Waals surface area contributed by atoms with Gasteiger partial charge in [-0.25, -0.2) is 4.98 Å². The second kappa shape index (κ2) is 3.85. The van der Waals surface area contributed by atoms with Gasteiger partial charge < -0.3 is 10.0 Å². The number of hydrogen-bond donors (Lipinski definition) is 1. The molecule has 1 aromatic rings. The van der Waals surface area contributed by atoms with Crippen molar-refractivity contribution in [1.29, 1.82) is 0 Å². The number of pyridine rings is 1. The first-order valence-electron chi connectivity index (χ1n) is 5.64. The summed E-state index contributed by atoms with van der Waals surface area (Å²) in [4.78, 5) is 5.72. The highest BCUT2D eigenvalue weighted by Gasteiger charge is 2.44. The van der Waals surface area contributed by atoms with E-state index in [0.29, 0.717) is 12.1 Å². The van der Waals surface area contributed by atoms with Crippen molar-refractivity contribution in [2.75, 3.05) is 19.0 Å². The fourth-order valence-electron chi connectivity index (χ4n) is 2.30. The molecule has 1 N–H and O–H groups in total. The van der Waals surface area contributed by atoms with E-state index in [9.17, 15) is 18.3 Å². The number of fused-ring (bicyclic) bond motifs is 1. The van der Waals surface area contributed by atoms with Crippen LogP contribution in [0.3, 0.4) is 0 Å². The Morgan fingerprint density at radius 3 is 2.50 bits per heavy atom.